The summed E-state index contributed by atoms with van der Waals surface area (Å²) in [6.07, 6.45) is 0.506. The molecule has 2 unspecified atom stereocenters. The topological polar surface area (TPSA) is 79.9 Å². The standard InChI is InChI=1S/C14H20O5/c1-8(7-14(4,17)10(3)15)11-6-12(18-5)9(2)13(16)19-11/h6-7,10,15,17H,1-5H3/b8-7+. The van der Waals surface area contributed by atoms with Gasteiger partial charge in [0.2, 0.25) is 0 Å². The lowest BCUT2D eigenvalue weighted by molar-refractivity contribution is -0.0149. The molecule has 0 radical (unpaired) electrons. The molecule has 5 heteroatoms. The number of rotatable bonds is 4. The van der Waals surface area contributed by atoms with Crippen LogP contribution >= 0.6 is 0 Å². The Kier molecular flexibility index (Phi) is 4.55. The molecule has 1 heterocycles. The first-order valence-corrected chi connectivity index (χ1v) is 5.98. The van der Waals surface area contributed by atoms with Crippen LogP contribution in [0, 0.1) is 6.92 Å². The molecule has 19 heavy (non-hydrogen) atoms. The third-order valence-electron chi connectivity index (χ3n) is 3.10. The van der Waals surface area contributed by atoms with Gasteiger partial charge >= 0.3 is 5.63 Å². The molecule has 2 atom stereocenters. The molecule has 0 amide bonds. The van der Waals surface area contributed by atoms with Crippen LogP contribution in [0.25, 0.3) is 5.57 Å². The minimum absolute atomic E-state index is 0.299. The van der Waals surface area contributed by atoms with E-state index >= 15 is 0 Å². The molecule has 0 aliphatic carbocycles. The van der Waals surface area contributed by atoms with Gasteiger partial charge in [0.25, 0.3) is 0 Å². The normalized spacial score (nSPS) is 16.9. The van der Waals surface area contributed by atoms with Gasteiger partial charge in [0.1, 0.15) is 17.1 Å². The molecule has 0 saturated heterocycles. The monoisotopic (exact) mass is 268 g/mol. The Morgan fingerprint density at radius 2 is 2.16 bits per heavy atom. The van der Waals surface area contributed by atoms with E-state index in [2.05, 4.69) is 0 Å². The van der Waals surface area contributed by atoms with Crippen LogP contribution in [0.2, 0.25) is 0 Å². The zero-order valence-electron chi connectivity index (χ0n) is 11.9. The highest BCUT2D eigenvalue weighted by Crippen LogP contribution is 2.24. The summed E-state index contributed by atoms with van der Waals surface area (Å²) in [5, 5.41) is 19.5. The van der Waals surface area contributed by atoms with Crippen molar-refractivity contribution in [3.8, 4) is 5.75 Å². The van der Waals surface area contributed by atoms with Gasteiger partial charge in [0.15, 0.2) is 0 Å². The molecule has 1 rings (SSSR count). The van der Waals surface area contributed by atoms with Crippen molar-refractivity contribution in [2.45, 2.75) is 39.4 Å². The SMILES string of the molecule is COc1cc(/C(C)=C/C(C)(O)C(C)O)oc(=O)c1C. The number of ether oxygens (including phenoxy) is 1. The zero-order valence-corrected chi connectivity index (χ0v) is 11.9. The number of hydrogen-bond donors (Lipinski definition) is 2. The third kappa shape index (κ3) is 3.45. The summed E-state index contributed by atoms with van der Waals surface area (Å²) in [4.78, 5) is 11.6. The van der Waals surface area contributed by atoms with Crippen molar-refractivity contribution >= 4 is 5.57 Å². The van der Waals surface area contributed by atoms with Gasteiger partial charge in [-0.25, -0.2) is 4.79 Å². The summed E-state index contributed by atoms with van der Waals surface area (Å²) in [5.74, 6) is 0.726. The second-order valence-electron chi connectivity index (χ2n) is 4.82. The fraction of sp³-hybridized carbons (Fsp3) is 0.500. The van der Waals surface area contributed by atoms with Crippen molar-refractivity contribution in [1.82, 2.24) is 0 Å². The first kappa shape index (κ1) is 15.5. The molecule has 0 aliphatic rings. The number of aliphatic hydroxyl groups excluding tert-OH is 1. The van der Waals surface area contributed by atoms with E-state index in [1.807, 2.05) is 0 Å². The second kappa shape index (κ2) is 5.59. The molecule has 106 valence electrons. The molecule has 0 aromatic carbocycles. The maximum atomic E-state index is 11.6. The highest BCUT2D eigenvalue weighted by molar-refractivity contribution is 5.61. The molecule has 0 aliphatic heterocycles. The van der Waals surface area contributed by atoms with E-state index < -0.39 is 17.3 Å². The van der Waals surface area contributed by atoms with E-state index in [1.54, 1.807) is 19.9 Å². The van der Waals surface area contributed by atoms with Crippen LogP contribution in [-0.2, 0) is 0 Å². The molecule has 0 spiro atoms. The molecular formula is C14H20O5. The minimum Gasteiger partial charge on any atom is -0.496 e. The predicted molar refractivity (Wildman–Crippen MR) is 72.2 cm³/mol. The zero-order chi connectivity index (χ0) is 14.8. The Morgan fingerprint density at radius 3 is 2.63 bits per heavy atom. The van der Waals surface area contributed by atoms with E-state index in [0.717, 1.165) is 0 Å². The summed E-state index contributed by atoms with van der Waals surface area (Å²) >= 11 is 0. The van der Waals surface area contributed by atoms with Crippen molar-refractivity contribution in [3.63, 3.8) is 0 Å². The molecule has 0 bridgehead atoms. The maximum Gasteiger partial charge on any atom is 0.342 e. The van der Waals surface area contributed by atoms with Gasteiger partial charge in [-0.3, -0.25) is 0 Å². The van der Waals surface area contributed by atoms with Crippen LogP contribution in [0.15, 0.2) is 21.4 Å². The Morgan fingerprint density at radius 1 is 1.58 bits per heavy atom. The van der Waals surface area contributed by atoms with E-state index in [0.29, 0.717) is 22.6 Å². The summed E-state index contributed by atoms with van der Waals surface area (Å²) in [5.41, 5.74) is -0.956. The van der Waals surface area contributed by atoms with E-state index in [4.69, 9.17) is 9.15 Å². The molecule has 1 aromatic heterocycles. The van der Waals surface area contributed by atoms with Gasteiger partial charge in [-0.15, -0.1) is 0 Å². The van der Waals surface area contributed by atoms with Gasteiger partial charge in [-0.2, -0.15) is 0 Å². The van der Waals surface area contributed by atoms with Crippen LogP contribution in [-0.4, -0.2) is 29.0 Å². The highest BCUT2D eigenvalue weighted by Gasteiger charge is 2.24. The third-order valence-corrected chi connectivity index (χ3v) is 3.10. The Hall–Kier alpha value is -1.59. The van der Waals surface area contributed by atoms with Crippen LogP contribution < -0.4 is 10.4 Å². The lowest BCUT2D eigenvalue weighted by Gasteiger charge is -2.23. The molecule has 0 fully saturated rings. The maximum absolute atomic E-state index is 11.6. The Balaban J connectivity index is 3.28. The average molecular weight is 268 g/mol. The molecule has 5 nitrogen and oxygen atoms in total. The number of methoxy groups -OCH3 is 1. The molecule has 2 N–H and O–H groups in total. The minimum atomic E-state index is -1.40. The molecule has 0 saturated carbocycles. The fourth-order valence-corrected chi connectivity index (χ4v) is 1.57. The van der Waals surface area contributed by atoms with Gasteiger partial charge < -0.3 is 19.4 Å². The van der Waals surface area contributed by atoms with Crippen LogP contribution in [0.5, 0.6) is 5.75 Å². The van der Waals surface area contributed by atoms with Crippen LogP contribution in [0.3, 0.4) is 0 Å². The fourth-order valence-electron chi connectivity index (χ4n) is 1.57. The summed E-state index contributed by atoms with van der Waals surface area (Å²) in [7, 11) is 1.47. The van der Waals surface area contributed by atoms with Gasteiger partial charge in [-0.1, -0.05) is 0 Å². The lowest BCUT2D eigenvalue weighted by Crippen LogP contribution is -2.34. The Labute approximate surface area is 112 Å². The number of aliphatic hydroxyl groups is 2. The van der Waals surface area contributed by atoms with Crippen molar-refractivity contribution in [2.75, 3.05) is 7.11 Å². The molecule has 1 aromatic rings. The van der Waals surface area contributed by atoms with Crippen molar-refractivity contribution in [1.29, 1.82) is 0 Å². The van der Waals surface area contributed by atoms with Gasteiger partial charge in [0, 0.05) is 6.07 Å². The van der Waals surface area contributed by atoms with E-state index in [1.165, 1.54) is 27.0 Å². The summed E-state index contributed by atoms with van der Waals surface area (Å²) in [6, 6.07) is 1.58. The van der Waals surface area contributed by atoms with Gasteiger partial charge in [0.05, 0.1) is 18.8 Å². The van der Waals surface area contributed by atoms with Crippen LogP contribution in [0.1, 0.15) is 32.1 Å². The quantitative estimate of drug-likeness (QED) is 0.865. The Bertz CT molecular complexity index is 537. The highest BCUT2D eigenvalue weighted by atomic mass is 16.5. The summed E-state index contributed by atoms with van der Waals surface area (Å²) in [6.45, 7) is 6.25. The smallest absolute Gasteiger partial charge is 0.342 e. The summed E-state index contributed by atoms with van der Waals surface area (Å²) < 4.78 is 10.2. The van der Waals surface area contributed by atoms with Crippen molar-refractivity contribution < 1.29 is 19.4 Å². The van der Waals surface area contributed by atoms with E-state index in [9.17, 15) is 15.0 Å². The second-order valence-corrected chi connectivity index (χ2v) is 4.82. The van der Waals surface area contributed by atoms with Crippen molar-refractivity contribution in [3.05, 3.63) is 33.9 Å². The largest absolute Gasteiger partial charge is 0.496 e. The van der Waals surface area contributed by atoms with Crippen LogP contribution in [0.4, 0.5) is 0 Å². The van der Waals surface area contributed by atoms with E-state index in [-0.39, 0.29) is 0 Å². The predicted octanol–water partition coefficient (Wildman–Crippen LogP) is 1.49. The molecular weight excluding hydrogens is 248 g/mol. The lowest BCUT2D eigenvalue weighted by atomic mass is 9.96. The average Bonchev–Trinajstić information content (AvgIpc) is 2.31. The number of allylic oxidation sites excluding steroid dienone is 1. The first-order chi connectivity index (χ1) is 8.69. The first-order valence-electron chi connectivity index (χ1n) is 5.98. The number of hydrogen-bond acceptors (Lipinski definition) is 5. The van der Waals surface area contributed by atoms with Gasteiger partial charge in [-0.05, 0) is 39.3 Å². The van der Waals surface area contributed by atoms with Crippen molar-refractivity contribution in [2.24, 2.45) is 0 Å².